The van der Waals surface area contributed by atoms with Crippen LogP contribution in [0.2, 0.25) is 0 Å². The number of rotatable bonds is 5. The summed E-state index contributed by atoms with van der Waals surface area (Å²) in [6.45, 7) is 1.62. The van der Waals surface area contributed by atoms with Crippen molar-refractivity contribution >= 4 is 21.4 Å². The van der Waals surface area contributed by atoms with E-state index in [9.17, 15) is 8.42 Å². The summed E-state index contributed by atoms with van der Waals surface area (Å²) in [5, 5.41) is 0. The minimum Gasteiger partial charge on any atom is -0.399 e. The number of benzene rings is 3. The normalized spacial score (nSPS) is 15.4. The molecule has 1 aliphatic heterocycles. The molecule has 3 aromatic rings. The van der Waals surface area contributed by atoms with Crippen molar-refractivity contribution in [1.82, 2.24) is 4.72 Å². The van der Waals surface area contributed by atoms with Crippen LogP contribution in [0.1, 0.15) is 12.8 Å². The number of hydrogen-bond donors (Lipinski definition) is 2. The van der Waals surface area contributed by atoms with Gasteiger partial charge < -0.3 is 10.6 Å². The molecular formula is C23H25N3O2S. The first kappa shape index (κ1) is 19.5. The summed E-state index contributed by atoms with van der Waals surface area (Å²) in [7, 11) is -3.53. The monoisotopic (exact) mass is 407 g/mol. The van der Waals surface area contributed by atoms with Crippen LogP contribution < -0.4 is 15.4 Å². The van der Waals surface area contributed by atoms with Crippen molar-refractivity contribution < 1.29 is 8.42 Å². The highest BCUT2D eigenvalue weighted by Crippen LogP contribution is 2.24. The smallest absolute Gasteiger partial charge is 0.240 e. The summed E-state index contributed by atoms with van der Waals surface area (Å²) in [5.41, 5.74) is 9.69. The fourth-order valence-electron chi connectivity index (χ4n) is 3.69. The highest BCUT2D eigenvalue weighted by molar-refractivity contribution is 7.89. The number of nitrogens with two attached hydrogens (primary N) is 1. The third-order valence-corrected chi connectivity index (χ3v) is 6.88. The molecule has 0 unspecified atom stereocenters. The molecule has 0 atom stereocenters. The lowest BCUT2D eigenvalue weighted by Gasteiger charge is -2.33. The molecule has 150 valence electrons. The second kappa shape index (κ2) is 8.27. The number of nitrogens with one attached hydrogen (secondary N) is 1. The summed E-state index contributed by atoms with van der Waals surface area (Å²) < 4.78 is 28.5. The largest absolute Gasteiger partial charge is 0.399 e. The molecule has 29 heavy (non-hydrogen) atoms. The number of sulfonamides is 1. The lowest BCUT2D eigenvalue weighted by molar-refractivity contribution is 0.460. The zero-order valence-corrected chi connectivity index (χ0v) is 17.0. The van der Waals surface area contributed by atoms with Gasteiger partial charge in [0.1, 0.15) is 0 Å². The third kappa shape index (κ3) is 4.60. The van der Waals surface area contributed by atoms with Gasteiger partial charge in [-0.15, -0.1) is 0 Å². The summed E-state index contributed by atoms with van der Waals surface area (Å²) in [6.07, 6.45) is 1.54. The molecule has 1 heterocycles. The zero-order chi connectivity index (χ0) is 20.3. The summed E-state index contributed by atoms with van der Waals surface area (Å²) in [5.74, 6) is 0. The first-order valence-corrected chi connectivity index (χ1v) is 11.3. The number of piperidine rings is 1. The van der Waals surface area contributed by atoms with Crippen molar-refractivity contribution in [1.29, 1.82) is 0 Å². The maximum Gasteiger partial charge on any atom is 0.240 e. The maximum absolute atomic E-state index is 12.8. The van der Waals surface area contributed by atoms with Crippen molar-refractivity contribution in [3.63, 3.8) is 0 Å². The molecule has 3 N–H and O–H groups in total. The zero-order valence-electron chi connectivity index (χ0n) is 16.2. The van der Waals surface area contributed by atoms with E-state index >= 15 is 0 Å². The van der Waals surface area contributed by atoms with Gasteiger partial charge in [-0.05, 0) is 60.4 Å². The average molecular weight is 408 g/mol. The number of hydrogen-bond acceptors (Lipinski definition) is 4. The van der Waals surface area contributed by atoms with Crippen LogP contribution in [0.4, 0.5) is 11.4 Å². The van der Waals surface area contributed by atoms with Crippen molar-refractivity contribution in [2.24, 2.45) is 0 Å². The van der Waals surface area contributed by atoms with Crippen LogP contribution >= 0.6 is 0 Å². The van der Waals surface area contributed by atoms with Gasteiger partial charge in [-0.25, -0.2) is 13.1 Å². The average Bonchev–Trinajstić information content (AvgIpc) is 2.75. The van der Waals surface area contributed by atoms with E-state index < -0.39 is 10.0 Å². The predicted molar refractivity (Wildman–Crippen MR) is 118 cm³/mol. The van der Waals surface area contributed by atoms with Crippen molar-refractivity contribution in [3.05, 3.63) is 78.9 Å². The quantitative estimate of drug-likeness (QED) is 0.630. The van der Waals surface area contributed by atoms with Gasteiger partial charge in [0.25, 0.3) is 0 Å². The molecule has 0 radical (unpaired) electrons. The molecule has 3 aromatic carbocycles. The molecule has 1 aliphatic rings. The molecule has 0 spiro atoms. The SMILES string of the molecule is Nc1ccc(N2CCC(NS(=O)(=O)c3ccc(-c4ccccc4)cc3)CC2)cc1. The van der Waals surface area contributed by atoms with Crippen LogP contribution in [0.5, 0.6) is 0 Å². The molecular weight excluding hydrogens is 382 g/mol. The van der Waals surface area contributed by atoms with Crippen LogP contribution in [0.3, 0.4) is 0 Å². The van der Waals surface area contributed by atoms with Gasteiger partial charge in [0.15, 0.2) is 0 Å². The highest BCUT2D eigenvalue weighted by atomic mass is 32.2. The van der Waals surface area contributed by atoms with E-state index in [1.165, 1.54) is 0 Å². The molecule has 0 amide bonds. The molecule has 5 nitrogen and oxygen atoms in total. The highest BCUT2D eigenvalue weighted by Gasteiger charge is 2.24. The van der Waals surface area contributed by atoms with Crippen LogP contribution in [0.25, 0.3) is 11.1 Å². The Morgan fingerprint density at radius 2 is 1.38 bits per heavy atom. The third-order valence-electron chi connectivity index (χ3n) is 5.35. The topological polar surface area (TPSA) is 75.4 Å². The fourth-order valence-corrected chi connectivity index (χ4v) is 4.99. The Kier molecular flexibility index (Phi) is 5.56. The first-order valence-electron chi connectivity index (χ1n) is 9.79. The van der Waals surface area contributed by atoms with E-state index in [-0.39, 0.29) is 6.04 Å². The van der Waals surface area contributed by atoms with Gasteiger partial charge in [-0.1, -0.05) is 42.5 Å². The molecule has 1 saturated heterocycles. The standard InChI is InChI=1S/C23H25N3O2S/c24-20-8-10-22(11-9-20)26-16-14-21(15-17-26)25-29(27,28)23-12-6-19(7-13-23)18-4-2-1-3-5-18/h1-13,21,25H,14-17,24H2. The van der Waals surface area contributed by atoms with E-state index in [2.05, 4.69) is 9.62 Å². The molecule has 1 fully saturated rings. The van der Waals surface area contributed by atoms with Gasteiger partial charge in [-0.3, -0.25) is 0 Å². The molecule has 4 rings (SSSR count). The van der Waals surface area contributed by atoms with Crippen molar-refractivity contribution in [2.75, 3.05) is 23.7 Å². The minimum atomic E-state index is -3.53. The Balaban J connectivity index is 1.38. The molecule has 0 saturated carbocycles. The van der Waals surface area contributed by atoms with E-state index in [0.29, 0.717) is 4.90 Å². The van der Waals surface area contributed by atoms with Crippen LogP contribution in [-0.4, -0.2) is 27.5 Å². The number of nitrogen functional groups attached to an aromatic ring is 1. The van der Waals surface area contributed by atoms with Crippen LogP contribution in [-0.2, 0) is 10.0 Å². The van der Waals surface area contributed by atoms with E-state index in [4.69, 9.17) is 5.73 Å². The fraction of sp³-hybridized carbons (Fsp3) is 0.217. The second-order valence-corrected chi connectivity index (χ2v) is 9.08. The molecule has 0 bridgehead atoms. The molecule has 6 heteroatoms. The Morgan fingerprint density at radius 3 is 2.00 bits per heavy atom. The van der Waals surface area contributed by atoms with Gasteiger partial charge in [-0.2, -0.15) is 0 Å². The van der Waals surface area contributed by atoms with Gasteiger partial charge >= 0.3 is 0 Å². The Morgan fingerprint density at radius 1 is 0.793 bits per heavy atom. The summed E-state index contributed by atoms with van der Waals surface area (Å²) in [4.78, 5) is 2.57. The van der Waals surface area contributed by atoms with E-state index in [1.54, 1.807) is 12.1 Å². The Labute approximate surface area is 172 Å². The van der Waals surface area contributed by atoms with Gasteiger partial charge in [0, 0.05) is 30.5 Å². The van der Waals surface area contributed by atoms with Gasteiger partial charge in [0.2, 0.25) is 10.0 Å². The number of nitrogens with zero attached hydrogens (tertiary/aromatic N) is 1. The van der Waals surface area contributed by atoms with E-state index in [0.717, 1.165) is 48.4 Å². The predicted octanol–water partition coefficient (Wildman–Crippen LogP) is 3.88. The second-order valence-electron chi connectivity index (χ2n) is 7.36. The van der Waals surface area contributed by atoms with Crippen molar-refractivity contribution in [3.8, 4) is 11.1 Å². The Hall–Kier alpha value is -2.83. The van der Waals surface area contributed by atoms with Crippen LogP contribution in [0.15, 0.2) is 83.8 Å². The minimum absolute atomic E-state index is 0.0566. The van der Waals surface area contributed by atoms with Crippen LogP contribution in [0, 0.1) is 0 Å². The lowest BCUT2D eigenvalue weighted by Crippen LogP contribution is -2.44. The summed E-state index contributed by atoms with van der Waals surface area (Å²) >= 11 is 0. The number of anilines is 2. The lowest BCUT2D eigenvalue weighted by atomic mass is 10.1. The summed E-state index contributed by atoms with van der Waals surface area (Å²) in [6, 6.07) is 24.7. The molecule has 0 aromatic heterocycles. The Bertz CT molecular complexity index is 1040. The van der Waals surface area contributed by atoms with Crippen molar-refractivity contribution in [2.45, 2.75) is 23.8 Å². The molecule has 0 aliphatic carbocycles. The van der Waals surface area contributed by atoms with Gasteiger partial charge in [0.05, 0.1) is 4.90 Å². The van der Waals surface area contributed by atoms with E-state index in [1.807, 2.05) is 66.7 Å². The first-order chi connectivity index (χ1) is 14.0. The maximum atomic E-state index is 12.8.